The number of likely N-dealkylation sites (N-methyl/N-ethyl adjacent to an activating group) is 1. The van der Waals surface area contributed by atoms with Gasteiger partial charge in [-0.2, -0.15) is 0 Å². The van der Waals surface area contributed by atoms with Crippen LogP contribution in [0, 0.1) is 6.92 Å². The van der Waals surface area contributed by atoms with Gasteiger partial charge in [0.15, 0.2) is 11.5 Å². The molecule has 32 heavy (non-hydrogen) atoms. The highest BCUT2D eigenvalue weighted by molar-refractivity contribution is 5.83. The van der Waals surface area contributed by atoms with Crippen LogP contribution < -0.4 is 20.1 Å². The summed E-state index contributed by atoms with van der Waals surface area (Å²) >= 11 is 0. The number of nitrogens with one attached hydrogen (secondary N) is 2. The molecule has 0 aliphatic heterocycles. The molecule has 3 aromatic carbocycles. The molecule has 2 atom stereocenters. The van der Waals surface area contributed by atoms with Crippen LogP contribution >= 0.6 is 0 Å². The number of benzene rings is 3. The van der Waals surface area contributed by atoms with Gasteiger partial charge in [-0.05, 0) is 48.6 Å². The monoisotopic (exact) mass is 432 g/mol. The second kappa shape index (κ2) is 11.3. The van der Waals surface area contributed by atoms with E-state index in [4.69, 9.17) is 9.47 Å². The van der Waals surface area contributed by atoms with E-state index in [-0.39, 0.29) is 11.9 Å². The summed E-state index contributed by atoms with van der Waals surface area (Å²) in [7, 11) is 4.92. The lowest BCUT2D eigenvalue weighted by molar-refractivity contribution is -0.123. The first-order valence-corrected chi connectivity index (χ1v) is 10.9. The third kappa shape index (κ3) is 5.89. The van der Waals surface area contributed by atoms with Crippen LogP contribution in [-0.2, 0) is 11.2 Å². The average Bonchev–Trinajstić information content (AvgIpc) is 2.85. The molecule has 0 heterocycles. The second-order valence-corrected chi connectivity index (χ2v) is 7.82. The molecule has 168 valence electrons. The van der Waals surface area contributed by atoms with E-state index >= 15 is 0 Å². The van der Waals surface area contributed by atoms with E-state index < -0.39 is 6.04 Å². The molecule has 5 nitrogen and oxygen atoms in total. The molecule has 0 aliphatic carbocycles. The summed E-state index contributed by atoms with van der Waals surface area (Å²) in [6.45, 7) is 2.09. The number of aryl methyl sites for hydroxylation is 2. The molecule has 0 saturated heterocycles. The molecule has 3 aromatic rings. The molecule has 0 spiro atoms. The van der Waals surface area contributed by atoms with Gasteiger partial charge in [-0.3, -0.25) is 10.1 Å². The Morgan fingerprint density at radius 1 is 0.875 bits per heavy atom. The van der Waals surface area contributed by atoms with Crippen LogP contribution in [0.3, 0.4) is 0 Å². The Morgan fingerprint density at radius 2 is 1.56 bits per heavy atom. The maximum Gasteiger partial charge on any atom is 0.241 e. The quantitative estimate of drug-likeness (QED) is 0.485. The maximum absolute atomic E-state index is 12.8. The number of hydrogen-bond donors (Lipinski definition) is 2. The van der Waals surface area contributed by atoms with Crippen molar-refractivity contribution in [2.24, 2.45) is 0 Å². The van der Waals surface area contributed by atoms with Gasteiger partial charge in [0.25, 0.3) is 0 Å². The summed E-state index contributed by atoms with van der Waals surface area (Å²) < 4.78 is 10.9. The smallest absolute Gasteiger partial charge is 0.241 e. The van der Waals surface area contributed by atoms with Crippen LogP contribution in [0.5, 0.6) is 11.5 Å². The molecule has 0 saturated carbocycles. The third-order valence-corrected chi connectivity index (χ3v) is 5.66. The van der Waals surface area contributed by atoms with E-state index in [0.29, 0.717) is 11.5 Å². The topological polar surface area (TPSA) is 59.6 Å². The summed E-state index contributed by atoms with van der Waals surface area (Å²) in [5, 5.41) is 6.39. The number of hydrogen-bond acceptors (Lipinski definition) is 4. The lowest BCUT2D eigenvalue weighted by Gasteiger charge is -2.26. The highest BCUT2D eigenvalue weighted by Gasteiger charge is 2.24. The summed E-state index contributed by atoms with van der Waals surface area (Å²) in [4.78, 5) is 12.8. The van der Waals surface area contributed by atoms with E-state index in [1.165, 1.54) is 11.1 Å². The van der Waals surface area contributed by atoms with Crippen LogP contribution in [-0.4, -0.2) is 27.2 Å². The first-order valence-electron chi connectivity index (χ1n) is 10.9. The van der Waals surface area contributed by atoms with E-state index in [0.717, 1.165) is 24.0 Å². The molecule has 0 fully saturated rings. The van der Waals surface area contributed by atoms with Crippen molar-refractivity contribution in [1.82, 2.24) is 10.6 Å². The maximum atomic E-state index is 12.8. The Kier molecular flexibility index (Phi) is 8.28. The number of carbonyl (C=O) groups excluding carboxylic acids is 1. The van der Waals surface area contributed by atoms with Crippen molar-refractivity contribution in [2.75, 3.05) is 21.3 Å². The number of methoxy groups -OCH3 is 2. The van der Waals surface area contributed by atoms with Crippen molar-refractivity contribution in [2.45, 2.75) is 31.8 Å². The van der Waals surface area contributed by atoms with Crippen LogP contribution in [0.1, 0.15) is 40.8 Å². The van der Waals surface area contributed by atoms with Crippen molar-refractivity contribution in [3.63, 3.8) is 0 Å². The molecule has 1 unspecified atom stereocenters. The fourth-order valence-corrected chi connectivity index (χ4v) is 3.80. The fraction of sp³-hybridized carbons (Fsp3) is 0.296. The van der Waals surface area contributed by atoms with Crippen molar-refractivity contribution < 1.29 is 14.3 Å². The van der Waals surface area contributed by atoms with Gasteiger partial charge in [-0.25, -0.2) is 0 Å². The van der Waals surface area contributed by atoms with E-state index in [2.05, 4.69) is 41.8 Å². The lowest BCUT2D eigenvalue weighted by atomic mass is 9.95. The molecule has 2 N–H and O–H groups in total. The minimum Gasteiger partial charge on any atom is -0.493 e. The summed E-state index contributed by atoms with van der Waals surface area (Å²) in [6, 6.07) is 23.7. The summed E-state index contributed by atoms with van der Waals surface area (Å²) in [5.41, 5.74) is 4.47. The standard InChI is InChI=1S/C27H32N2O3/c1-19-10-12-20(13-11-19)14-16-23(22-15-17-24(31-3)25(18-22)32-4)29-26(27(30)28-2)21-8-6-5-7-9-21/h5-13,15,17-18,23,26,29H,14,16H2,1-4H3,(H,28,30)/t23-,26?/m0/s1. The Balaban J connectivity index is 1.93. The van der Waals surface area contributed by atoms with Gasteiger partial charge in [0.1, 0.15) is 6.04 Å². The van der Waals surface area contributed by atoms with Gasteiger partial charge < -0.3 is 14.8 Å². The van der Waals surface area contributed by atoms with E-state index in [1.54, 1.807) is 21.3 Å². The Morgan fingerprint density at radius 3 is 2.19 bits per heavy atom. The highest BCUT2D eigenvalue weighted by atomic mass is 16.5. The molecule has 1 amide bonds. The number of rotatable bonds is 10. The minimum atomic E-state index is -0.475. The predicted octanol–water partition coefficient (Wildman–Crippen LogP) is 4.76. The average molecular weight is 433 g/mol. The molecular formula is C27H32N2O3. The second-order valence-electron chi connectivity index (χ2n) is 7.82. The Labute approximate surface area is 190 Å². The first kappa shape index (κ1) is 23.4. The van der Waals surface area contributed by atoms with Gasteiger partial charge >= 0.3 is 0 Å². The van der Waals surface area contributed by atoms with Crippen molar-refractivity contribution in [1.29, 1.82) is 0 Å². The molecule has 0 radical (unpaired) electrons. The van der Waals surface area contributed by atoms with Gasteiger partial charge in [0, 0.05) is 13.1 Å². The molecule has 0 bridgehead atoms. The van der Waals surface area contributed by atoms with E-state index in [9.17, 15) is 4.79 Å². The van der Waals surface area contributed by atoms with Gasteiger partial charge in [0.2, 0.25) is 5.91 Å². The molecule has 3 rings (SSSR count). The normalized spacial score (nSPS) is 12.6. The van der Waals surface area contributed by atoms with Gasteiger partial charge in [-0.1, -0.05) is 66.2 Å². The molecule has 5 heteroatoms. The van der Waals surface area contributed by atoms with Crippen molar-refractivity contribution in [3.8, 4) is 11.5 Å². The summed E-state index contributed by atoms with van der Waals surface area (Å²) in [5.74, 6) is 1.28. The van der Waals surface area contributed by atoms with Gasteiger partial charge in [-0.15, -0.1) is 0 Å². The highest BCUT2D eigenvalue weighted by Crippen LogP contribution is 2.32. The Hall–Kier alpha value is -3.31. The van der Waals surface area contributed by atoms with Crippen LogP contribution in [0.15, 0.2) is 72.8 Å². The zero-order valence-electron chi connectivity index (χ0n) is 19.2. The molecular weight excluding hydrogens is 400 g/mol. The minimum absolute atomic E-state index is 0.0707. The van der Waals surface area contributed by atoms with Crippen LogP contribution in [0.4, 0.5) is 0 Å². The number of carbonyl (C=O) groups is 1. The summed E-state index contributed by atoms with van der Waals surface area (Å²) in [6.07, 6.45) is 1.69. The Bertz CT molecular complexity index is 1000. The van der Waals surface area contributed by atoms with E-state index in [1.807, 2.05) is 48.5 Å². The van der Waals surface area contributed by atoms with Crippen molar-refractivity contribution >= 4 is 5.91 Å². The third-order valence-electron chi connectivity index (χ3n) is 5.66. The number of ether oxygens (including phenoxy) is 2. The van der Waals surface area contributed by atoms with Crippen LogP contribution in [0.2, 0.25) is 0 Å². The first-order chi connectivity index (χ1) is 15.5. The van der Waals surface area contributed by atoms with Gasteiger partial charge in [0.05, 0.1) is 14.2 Å². The van der Waals surface area contributed by atoms with Crippen molar-refractivity contribution in [3.05, 3.63) is 95.1 Å². The number of amides is 1. The molecule has 0 aromatic heterocycles. The van der Waals surface area contributed by atoms with Crippen LogP contribution in [0.25, 0.3) is 0 Å². The SMILES string of the molecule is CNC(=O)C(N[C@@H](CCc1ccc(C)cc1)c1ccc(OC)c(OC)c1)c1ccccc1. The fourth-order valence-electron chi connectivity index (χ4n) is 3.80. The lowest BCUT2D eigenvalue weighted by Crippen LogP contribution is -2.38. The predicted molar refractivity (Wildman–Crippen MR) is 128 cm³/mol. The molecule has 0 aliphatic rings. The zero-order chi connectivity index (χ0) is 22.9. The largest absolute Gasteiger partial charge is 0.493 e. The zero-order valence-corrected chi connectivity index (χ0v) is 19.2.